The van der Waals surface area contributed by atoms with Crippen LogP contribution in [-0.2, 0) is 14.3 Å². The van der Waals surface area contributed by atoms with Crippen molar-refractivity contribution in [2.45, 2.75) is 168 Å². The van der Waals surface area contributed by atoms with Crippen LogP contribution in [-0.4, -0.2) is 23.7 Å². The second-order valence-corrected chi connectivity index (χ2v) is 10.4. The molecule has 0 fully saturated rings. The minimum absolute atomic E-state index is 0.132. The van der Waals surface area contributed by atoms with Crippen molar-refractivity contribution in [3.63, 3.8) is 0 Å². The summed E-state index contributed by atoms with van der Waals surface area (Å²) in [6.07, 6.45) is 28.1. The zero-order chi connectivity index (χ0) is 25.1. The van der Waals surface area contributed by atoms with Gasteiger partial charge in [-0.3, -0.25) is 9.59 Å². The van der Waals surface area contributed by atoms with Gasteiger partial charge in [-0.05, 0) is 31.6 Å². The van der Waals surface area contributed by atoms with Gasteiger partial charge in [0.05, 0.1) is 6.61 Å². The van der Waals surface area contributed by atoms with Crippen molar-refractivity contribution in [2.24, 2.45) is 5.92 Å². The van der Waals surface area contributed by atoms with Gasteiger partial charge in [0.25, 0.3) is 0 Å². The Labute approximate surface area is 212 Å². The van der Waals surface area contributed by atoms with Crippen molar-refractivity contribution in [3.05, 3.63) is 0 Å². The van der Waals surface area contributed by atoms with Gasteiger partial charge < -0.3 is 9.84 Å². The van der Waals surface area contributed by atoms with E-state index in [9.17, 15) is 9.59 Å². The predicted octanol–water partition coefficient (Wildman–Crippen LogP) is 9.63. The summed E-state index contributed by atoms with van der Waals surface area (Å²) >= 11 is 0. The third kappa shape index (κ3) is 25.6. The maximum absolute atomic E-state index is 12.1. The second kappa shape index (κ2) is 26.5. The number of aliphatic carboxylic acids is 1. The van der Waals surface area contributed by atoms with Gasteiger partial charge >= 0.3 is 11.9 Å². The zero-order valence-corrected chi connectivity index (χ0v) is 22.9. The molecule has 202 valence electrons. The Bertz CT molecular complexity index is 449. The molecule has 1 N–H and O–H groups in total. The van der Waals surface area contributed by atoms with Crippen molar-refractivity contribution < 1.29 is 19.4 Å². The summed E-state index contributed by atoms with van der Waals surface area (Å²) in [4.78, 5) is 22.7. The zero-order valence-electron chi connectivity index (χ0n) is 22.9. The molecule has 0 aliphatic rings. The average molecular weight is 483 g/mol. The van der Waals surface area contributed by atoms with E-state index in [2.05, 4.69) is 13.8 Å². The molecule has 0 radical (unpaired) electrons. The molecule has 4 nitrogen and oxygen atoms in total. The molecule has 34 heavy (non-hydrogen) atoms. The molecule has 4 heteroatoms. The standard InChI is InChI=1S/C30H58O4/c1-3-5-7-9-11-13-14-16-18-20-24-28(23-19-17-15-12-10-8-6-4-2)27-34-30(33)26-22-21-25-29(31)32/h28H,3-27H2,1-2H3,(H,31,32). The van der Waals surface area contributed by atoms with Crippen LogP contribution in [0.25, 0.3) is 0 Å². The van der Waals surface area contributed by atoms with Crippen LogP contribution in [0.1, 0.15) is 168 Å². The van der Waals surface area contributed by atoms with Crippen LogP contribution in [0.4, 0.5) is 0 Å². The highest BCUT2D eigenvalue weighted by Crippen LogP contribution is 2.20. The van der Waals surface area contributed by atoms with Gasteiger partial charge in [0.15, 0.2) is 0 Å². The topological polar surface area (TPSA) is 63.6 Å². The summed E-state index contributed by atoms with van der Waals surface area (Å²) < 4.78 is 5.59. The van der Waals surface area contributed by atoms with E-state index in [0.717, 1.165) is 0 Å². The number of esters is 1. The molecule has 1 unspecified atom stereocenters. The fourth-order valence-electron chi connectivity index (χ4n) is 4.63. The van der Waals surface area contributed by atoms with E-state index in [-0.39, 0.29) is 12.4 Å². The van der Waals surface area contributed by atoms with E-state index in [1.54, 1.807) is 0 Å². The van der Waals surface area contributed by atoms with Crippen LogP contribution in [0, 0.1) is 5.92 Å². The normalized spacial score (nSPS) is 12.1. The summed E-state index contributed by atoms with van der Waals surface area (Å²) in [5.41, 5.74) is 0. The molecule has 0 rings (SSSR count). The highest BCUT2D eigenvalue weighted by atomic mass is 16.5. The van der Waals surface area contributed by atoms with E-state index in [0.29, 0.717) is 31.8 Å². The maximum Gasteiger partial charge on any atom is 0.305 e. The molecule has 0 heterocycles. The van der Waals surface area contributed by atoms with Gasteiger partial charge in [-0.15, -0.1) is 0 Å². The third-order valence-corrected chi connectivity index (χ3v) is 6.93. The summed E-state index contributed by atoms with van der Waals surface area (Å²) in [6, 6.07) is 0. The van der Waals surface area contributed by atoms with Crippen molar-refractivity contribution in [2.75, 3.05) is 6.61 Å². The number of rotatable bonds is 27. The average Bonchev–Trinajstić information content (AvgIpc) is 2.82. The van der Waals surface area contributed by atoms with Gasteiger partial charge in [-0.1, -0.05) is 129 Å². The third-order valence-electron chi connectivity index (χ3n) is 6.93. The number of carboxylic acids is 1. The second-order valence-electron chi connectivity index (χ2n) is 10.4. The SMILES string of the molecule is CCCCCCCCCCCCC(CCCCCCCCCC)COC(=O)CCCCC(=O)O. The van der Waals surface area contributed by atoms with Gasteiger partial charge in [0, 0.05) is 12.8 Å². The summed E-state index contributed by atoms with van der Waals surface area (Å²) in [5.74, 6) is -0.471. The first kappa shape index (κ1) is 32.9. The Kier molecular flexibility index (Phi) is 25.7. The van der Waals surface area contributed by atoms with E-state index >= 15 is 0 Å². The summed E-state index contributed by atoms with van der Waals surface area (Å²) in [6.45, 7) is 5.08. The van der Waals surface area contributed by atoms with Gasteiger partial charge in [-0.2, -0.15) is 0 Å². The molecular weight excluding hydrogens is 424 g/mol. The van der Waals surface area contributed by atoms with E-state index in [1.165, 1.54) is 128 Å². The maximum atomic E-state index is 12.1. The Morgan fingerprint density at radius 3 is 1.35 bits per heavy atom. The fourth-order valence-corrected chi connectivity index (χ4v) is 4.63. The lowest BCUT2D eigenvalue weighted by Crippen LogP contribution is -2.14. The highest BCUT2D eigenvalue weighted by Gasteiger charge is 2.12. The van der Waals surface area contributed by atoms with Crippen LogP contribution in [0.3, 0.4) is 0 Å². The number of hydrogen-bond donors (Lipinski definition) is 1. The Morgan fingerprint density at radius 2 is 0.941 bits per heavy atom. The van der Waals surface area contributed by atoms with Gasteiger partial charge in [0.2, 0.25) is 0 Å². The molecule has 0 amide bonds. The number of unbranched alkanes of at least 4 members (excludes halogenated alkanes) is 17. The molecule has 0 aromatic heterocycles. The van der Waals surface area contributed by atoms with Crippen LogP contribution >= 0.6 is 0 Å². The first-order valence-electron chi connectivity index (χ1n) is 15.0. The minimum atomic E-state index is -0.796. The van der Waals surface area contributed by atoms with Crippen molar-refractivity contribution in [3.8, 4) is 0 Å². The van der Waals surface area contributed by atoms with Gasteiger partial charge in [-0.25, -0.2) is 0 Å². The minimum Gasteiger partial charge on any atom is -0.481 e. The van der Waals surface area contributed by atoms with Crippen molar-refractivity contribution in [1.29, 1.82) is 0 Å². The Balaban J connectivity index is 4.02. The lowest BCUT2D eigenvalue weighted by Gasteiger charge is -2.17. The number of hydrogen-bond acceptors (Lipinski definition) is 3. The first-order chi connectivity index (χ1) is 16.6. The predicted molar refractivity (Wildman–Crippen MR) is 144 cm³/mol. The number of ether oxygens (including phenoxy) is 1. The summed E-state index contributed by atoms with van der Waals surface area (Å²) in [7, 11) is 0. The molecule has 0 aromatic carbocycles. The molecule has 0 bridgehead atoms. The van der Waals surface area contributed by atoms with Crippen LogP contribution < -0.4 is 0 Å². The molecule has 0 aromatic rings. The van der Waals surface area contributed by atoms with E-state index in [4.69, 9.17) is 9.84 Å². The fraction of sp³-hybridized carbons (Fsp3) is 0.933. The van der Waals surface area contributed by atoms with Gasteiger partial charge in [0.1, 0.15) is 0 Å². The van der Waals surface area contributed by atoms with E-state index < -0.39 is 5.97 Å². The molecule has 0 saturated heterocycles. The molecule has 1 atom stereocenters. The van der Waals surface area contributed by atoms with E-state index in [1.807, 2.05) is 0 Å². The number of carboxylic acid groups (broad SMARTS) is 1. The Morgan fingerprint density at radius 1 is 0.559 bits per heavy atom. The molecule has 0 aliphatic heterocycles. The largest absolute Gasteiger partial charge is 0.481 e. The van der Waals surface area contributed by atoms with Crippen molar-refractivity contribution in [1.82, 2.24) is 0 Å². The summed E-state index contributed by atoms with van der Waals surface area (Å²) in [5, 5.41) is 8.71. The smallest absolute Gasteiger partial charge is 0.305 e. The first-order valence-corrected chi connectivity index (χ1v) is 15.0. The number of carbonyl (C=O) groups is 2. The lowest BCUT2D eigenvalue weighted by molar-refractivity contribution is -0.145. The van der Waals surface area contributed by atoms with Crippen LogP contribution in [0.5, 0.6) is 0 Å². The quantitative estimate of drug-likeness (QED) is 0.0934. The molecule has 0 spiro atoms. The van der Waals surface area contributed by atoms with Crippen LogP contribution in [0.15, 0.2) is 0 Å². The lowest BCUT2D eigenvalue weighted by atomic mass is 9.94. The van der Waals surface area contributed by atoms with Crippen LogP contribution in [0.2, 0.25) is 0 Å². The monoisotopic (exact) mass is 482 g/mol. The molecular formula is C30H58O4. The Hall–Kier alpha value is -1.06. The molecule has 0 saturated carbocycles. The van der Waals surface area contributed by atoms with Crippen molar-refractivity contribution >= 4 is 11.9 Å². The molecule has 0 aliphatic carbocycles. The highest BCUT2D eigenvalue weighted by molar-refractivity contribution is 5.69. The number of carbonyl (C=O) groups excluding carboxylic acids is 1.